The second-order valence-corrected chi connectivity index (χ2v) is 5.52. The summed E-state index contributed by atoms with van der Waals surface area (Å²) in [4.78, 5) is 19.5. The molecule has 0 amide bonds. The van der Waals surface area contributed by atoms with Crippen LogP contribution in [0.4, 0.5) is 5.82 Å². The summed E-state index contributed by atoms with van der Waals surface area (Å²) in [6.07, 6.45) is 1.52. The average molecular weight is 271 g/mol. The van der Waals surface area contributed by atoms with Gasteiger partial charge in [0.1, 0.15) is 11.6 Å². The van der Waals surface area contributed by atoms with Crippen molar-refractivity contribution in [1.82, 2.24) is 9.97 Å². The van der Waals surface area contributed by atoms with Gasteiger partial charge in [0.25, 0.3) is 5.56 Å². The Morgan fingerprint density at radius 2 is 1.90 bits per heavy atom. The van der Waals surface area contributed by atoms with Crippen LogP contribution in [0.2, 0.25) is 0 Å². The molecule has 3 N–H and O–H groups in total. The molecule has 1 aromatic carbocycles. The number of nitrogen functional groups attached to an aromatic ring is 1. The van der Waals surface area contributed by atoms with Gasteiger partial charge in [-0.2, -0.15) is 0 Å². The zero-order valence-corrected chi connectivity index (χ0v) is 12.2. The first-order valence-electron chi connectivity index (χ1n) is 6.91. The van der Waals surface area contributed by atoms with Gasteiger partial charge in [-0.3, -0.25) is 4.79 Å². The Bertz CT molecular complexity index is 645. The van der Waals surface area contributed by atoms with E-state index in [-0.39, 0.29) is 11.0 Å². The molecule has 0 saturated heterocycles. The van der Waals surface area contributed by atoms with Gasteiger partial charge in [-0.15, -0.1) is 0 Å². The van der Waals surface area contributed by atoms with E-state index in [2.05, 4.69) is 9.97 Å². The predicted octanol–water partition coefficient (Wildman–Crippen LogP) is 2.63. The van der Waals surface area contributed by atoms with Gasteiger partial charge in [-0.25, -0.2) is 4.98 Å². The zero-order chi connectivity index (χ0) is 14.8. The molecule has 2 rings (SSSR count). The number of benzene rings is 1. The lowest BCUT2D eigenvalue weighted by Gasteiger charge is -2.24. The van der Waals surface area contributed by atoms with E-state index in [1.165, 1.54) is 0 Å². The minimum absolute atomic E-state index is 0.127. The lowest BCUT2D eigenvalue weighted by Crippen LogP contribution is -2.29. The van der Waals surface area contributed by atoms with Crippen LogP contribution in [0.1, 0.15) is 44.1 Å². The second kappa shape index (κ2) is 5.49. The average Bonchev–Trinajstić information content (AvgIpc) is 2.43. The Hall–Kier alpha value is -2.10. The topological polar surface area (TPSA) is 71.8 Å². The number of rotatable bonds is 4. The van der Waals surface area contributed by atoms with E-state index >= 15 is 0 Å². The molecule has 0 aliphatic rings. The van der Waals surface area contributed by atoms with Gasteiger partial charge in [0.2, 0.25) is 0 Å². The van der Waals surface area contributed by atoms with Crippen molar-refractivity contribution < 1.29 is 0 Å². The van der Waals surface area contributed by atoms with Gasteiger partial charge in [0.15, 0.2) is 0 Å². The van der Waals surface area contributed by atoms with Crippen molar-refractivity contribution in [3.8, 4) is 0 Å². The third kappa shape index (κ3) is 2.59. The van der Waals surface area contributed by atoms with E-state index in [1.807, 2.05) is 51.1 Å². The smallest absolute Gasteiger partial charge is 0.256 e. The molecule has 4 heteroatoms. The monoisotopic (exact) mass is 271 g/mol. The first-order chi connectivity index (χ1) is 9.46. The molecule has 0 bridgehead atoms. The summed E-state index contributed by atoms with van der Waals surface area (Å²) in [5.74, 6) is 0.945. The van der Waals surface area contributed by atoms with E-state index in [0.717, 1.165) is 12.0 Å². The van der Waals surface area contributed by atoms with Gasteiger partial charge < -0.3 is 10.7 Å². The van der Waals surface area contributed by atoms with Gasteiger partial charge >= 0.3 is 0 Å². The number of H-pyrrole nitrogens is 1. The van der Waals surface area contributed by atoms with Crippen LogP contribution in [-0.4, -0.2) is 9.97 Å². The molecule has 0 saturated carbocycles. The number of hydrogen-bond donors (Lipinski definition) is 2. The summed E-state index contributed by atoms with van der Waals surface area (Å²) in [6.45, 7) is 6.07. The van der Waals surface area contributed by atoms with Crippen molar-refractivity contribution >= 4 is 5.82 Å². The van der Waals surface area contributed by atoms with Crippen molar-refractivity contribution in [1.29, 1.82) is 0 Å². The third-order valence-corrected chi connectivity index (χ3v) is 3.63. The van der Waals surface area contributed by atoms with Crippen LogP contribution in [0, 0.1) is 0 Å². The highest BCUT2D eigenvalue weighted by Gasteiger charge is 2.26. The van der Waals surface area contributed by atoms with Crippen molar-refractivity contribution in [3.63, 3.8) is 0 Å². The maximum Gasteiger partial charge on any atom is 0.256 e. The van der Waals surface area contributed by atoms with E-state index in [9.17, 15) is 4.79 Å². The van der Waals surface area contributed by atoms with Crippen molar-refractivity contribution in [2.45, 2.75) is 39.0 Å². The molecule has 0 radical (unpaired) electrons. The molecule has 0 fully saturated rings. The Kier molecular flexibility index (Phi) is 3.93. The second-order valence-electron chi connectivity index (χ2n) is 5.52. The molecular weight excluding hydrogens is 250 g/mol. The van der Waals surface area contributed by atoms with E-state index in [0.29, 0.717) is 23.6 Å². The van der Waals surface area contributed by atoms with Crippen LogP contribution in [0.5, 0.6) is 0 Å². The summed E-state index contributed by atoms with van der Waals surface area (Å²) in [7, 11) is 0. The van der Waals surface area contributed by atoms with E-state index in [4.69, 9.17) is 5.73 Å². The van der Waals surface area contributed by atoms with Gasteiger partial charge in [-0.1, -0.05) is 43.7 Å². The summed E-state index contributed by atoms with van der Waals surface area (Å²) in [5.41, 5.74) is 7.11. The van der Waals surface area contributed by atoms with E-state index in [1.54, 1.807) is 0 Å². The molecule has 0 aliphatic carbocycles. The number of nitrogens with zero attached hydrogens (tertiary/aromatic N) is 1. The maximum atomic E-state index is 12.2. The molecule has 4 nitrogen and oxygen atoms in total. The van der Waals surface area contributed by atoms with Crippen LogP contribution >= 0.6 is 0 Å². The van der Waals surface area contributed by atoms with Crippen molar-refractivity contribution in [3.05, 3.63) is 57.6 Å². The van der Waals surface area contributed by atoms with E-state index < -0.39 is 0 Å². The largest absolute Gasteiger partial charge is 0.383 e. The molecule has 2 aromatic rings. The van der Waals surface area contributed by atoms with Crippen molar-refractivity contribution in [2.75, 3.05) is 5.73 Å². The first-order valence-corrected chi connectivity index (χ1v) is 6.91. The molecule has 20 heavy (non-hydrogen) atoms. The maximum absolute atomic E-state index is 12.2. The summed E-state index contributed by atoms with van der Waals surface area (Å²) in [5, 5.41) is 0. The van der Waals surface area contributed by atoms with Crippen LogP contribution in [0.3, 0.4) is 0 Å². The van der Waals surface area contributed by atoms with Crippen LogP contribution in [0.15, 0.2) is 35.1 Å². The fourth-order valence-corrected chi connectivity index (χ4v) is 2.29. The Balaban J connectivity index is 2.51. The lowest BCUT2D eigenvalue weighted by atomic mass is 9.83. The highest BCUT2D eigenvalue weighted by molar-refractivity contribution is 5.40. The van der Waals surface area contributed by atoms with Crippen LogP contribution in [0.25, 0.3) is 0 Å². The first kappa shape index (κ1) is 14.3. The van der Waals surface area contributed by atoms with Gasteiger partial charge in [-0.05, 0) is 25.8 Å². The standard InChI is InChI=1S/C16H21N3O/c1-4-8-12-13(17)18-15(19-14(12)20)16(2,3)11-9-6-5-7-10-11/h5-7,9-10H,4,8H2,1-3H3,(H3,17,18,19,20). The molecule has 0 unspecified atom stereocenters. The normalized spacial score (nSPS) is 11.6. The molecule has 0 spiro atoms. The SMILES string of the molecule is CCCc1c(N)nc(C(C)(C)c2ccccc2)[nH]c1=O. The number of nitrogens with two attached hydrogens (primary N) is 1. The Morgan fingerprint density at radius 1 is 1.25 bits per heavy atom. The highest BCUT2D eigenvalue weighted by atomic mass is 16.1. The lowest BCUT2D eigenvalue weighted by molar-refractivity contribution is 0.586. The summed E-state index contributed by atoms with van der Waals surface area (Å²) in [6, 6.07) is 9.97. The Morgan fingerprint density at radius 3 is 2.45 bits per heavy atom. The van der Waals surface area contributed by atoms with Gasteiger partial charge in [0, 0.05) is 5.41 Å². The number of hydrogen-bond acceptors (Lipinski definition) is 3. The fourth-order valence-electron chi connectivity index (χ4n) is 2.29. The van der Waals surface area contributed by atoms with Crippen LogP contribution in [-0.2, 0) is 11.8 Å². The number of aromatic amines is 1. The molecule has 106 valence electrons. The number of aromatic nitrogens is 2. The quantitative estimate of drug-likeness (QED) is 0.898. The molecule has 1 aromatic heterocycles. The van der Waals surface area contributed by atoms with Crippen LogP contribution < -0.4 is 11.3 Å². The molecular formula is C16H21N3O. The number of nitrogens with one attached hydrogen (secondary N) is 1. The summed E-state index contributed by atoms with van der Waals surface area (Å²) >= 11 is 0. The Labute approximate surface area is 119 Å². The van der Waals surface area contributed by atoms with Gasteiger partial charge in [0.05, 0.1) is 5.56 Å². The predicted molar refractivity (Wildman–Crippen MR) is 81.8 cm³/mol. The summed E-state index contributed by atoms with van der Waals surface area (Å²) < 4.78 is 0. The minimum Gasteiger partial charge on any atom is -0.383 e. The minimum atomic E-state index is -0.390. The molecule has 1 heterocycles. The number of anilines is 1. The molecule has 0 aliphatic heterocycles. The highest BCUT2D eigenvalue weighted by Crippen LogP contribution is 2.28. The molecule has 0 atom stereocenters. The zero-order valence-electron chi connectivity index (χ0n) is 12.2. The van der Waals surface area contributed by atoms with Crippen molar-refractivity contribution in [2.24, 2.45) is 0 Å². The third-order valence-electron chi connectivity index (χ3n) is 3.63. The fraction of sp³-hybridized carbons (Fsp3) is 0.375.